The molecule has 1 amide bonds. The van der Waals surface area contributed by atoms with E-state index in [1.807, 2.05) is 18.2 Å². The van der Waals surface area contributed by atoms with Crippen molar-refractivity contribution in [2.45, 2.75) is 45.8 Å². The van der Waals surface area contributed by atoms with Gasteiger partial charge < -0.3 is 11.1 Å². The fourth-order valence-corrected chi connectivity index (χ4v) is 2.18. The number of amides is 1. The minimum absolute atomic E-state index is 0.0522. The van der Waals surface area contributed by atoms with Crippen molar-refractivity contribution in [3.05, 3.63) is 35.9 Å². The van der Waals surface area contributed by atoms with E-state index in [0.29, 0.717) is 12.5 Å². The highest BCUT2D eigenvalue weighted by Crippen LogP contribution is 2.06. The first kappa shape index (κ1) is 17.7. The standard InChI is InChI=1S/C17H29N3O/c1-13(2)10-16(18)17(21)19-11-14(3)20(4)12-15-8-6-5-7-9-15/h5-9,13-14,16H,10-12,18H2,1-4H3,(H,19,21)/t14?,16-/m0/s1. The van der Waals surface area contributed by atoms with Gasteiger partial charge in [-0.2, -0.15) is 0 Å². The Morgan fingerprint density at radius 3 is 2.43 bits per heavy atom. The number of likely N-dealkylation sites (N-methyl/N-ethyl adjacent to an activating group) is 1. The summed E-state index contributed by atoms with van der Waals surface area (Å²) in [6, 6.07) is 10.2. The molecule has 1 rings (SSSR count). The normalized spacial score (nSPS) is 14.2. The van der Waals surface area contributed by atoms with Crippen molar-refractivity contribution in [1.29, 1.82) is 0 Å². The van der Waals surface area contributed by atoms with Crippen LogP contribution in [0.15, 0.2) is 30.3 Å². The van der Waals surface area contributed by atoms with Crippen LogP contribution in [0.2, 0.25) is 0 Å². The fraction of sp³-hybridized carbons (Fsp3) is 0.588. The lowest BCUT2D eigenvalue weighted by molar-refractivity contribution is -0.122. The third kappa shape index (κ3) is 6.74. The number of carbonyl (C=O) groups is 1. The summed E-state index contributed by atoms with van der Waals surface area (Å²) in [4.78, 5) is 14.1. The van der Waals surface area contributed by atoms with Crippen LogP contribution >= 0.6 is 0 Å². The summed E-state index contributed by atoms with van der Waals surface area (Å²) in [6.07, 6.45) is 0.722. The van der Waals surface area contributed by atoms with Crippen LogP contribution in [0, 0.1) is 5.92 Å². The molecule has 0 bridgehead atoms. The van der Waals surface area contributed by atoms with Crippen molar-refractivity contribution >= 4 is 5.91 Å². The summed E-state index contributed by atoms with van der Waals surface area (Å²) in [5, 5.41) is 2.95. The van der Waals surface area contributed by atoms with Crippen molar-refractivity contribution < 1.29 is 4.79 Å². The Hall–Kier alpha value is -1.39. The minimum atomic E-state index is -0.406. The highest BCUT2D eigenvalue weighted by Gasteiger charge is 2.16. The first-order chi connectivity index (χ1) is 9.90. The molecule has 118 valence electrons. The maximum Gasteiger partial charge on any atom is 0.236 e. The smallest absolute Gasteiger partial charge is 0.236 e. The van der Waals surface area contributed by atoms with E-state index in [9.17, 15) is 4.79 Å². The molecule has 0 saturated heterocycles. The number of hydrogen-bond donors (Lipinski definition) is 2. The molecule has 0 aliphatic rings. The summed E-state index contributed by atoms with van der Waals surface area (Å²) >= 11 is 0. The Morgan fingerprint density at radius 2 is 1.86 bits per heavy atom. The Morgan fingerprint density at radius 1 is 1.24 bits per heavy atom. The molecule has 4 nitrogen and oxygen atoms in total. The number of hydrogen-bond acceptors (Lipinski definition) is 3. The van der Waals surface area contributed by atoms with E-state index in [0.717, 1.165) is 13.0 Å². The maximum absolute atomic E-state index is 11.9. The molecule has 0 aliphatic heterocycles. The van der Waals surface area contributed by atoms with Crippen molar-refractivity contribution in [3.8, 4) is 0 Å². The lowest BCUT2D eigenvalue weighted by atomic mass is 10.0. The molecule has 0 fully saturated rings. The van der Waals surface area contributed by atoms with Gasteiger partial charge in [0.05, 0.1) is 6.04 Å². The van der Waals surface area contributed by atoms with Crippen LogP contribution in [0.25, 0.3) is 0 Å². The van der Waals surface area contributed by atoms with Gasteiger partial charge in [-0.3, -0.25) is 9.69 Å². The van der Waals surface area contributed by atoms with Gasteiger partial charge in [0.25, 0.3) is 0 Å². The fourth-order valence-electron chi connectivity index (χ4n) is 2.18. The van der Waals surface area contributed by atoms with Crippen molar-refractivity contribution in [3.63, 3.8) is 0 Å². The van der Waals surface area contributed by atoms with Gasteiger partial charge in [-0.15, -0.1) is 0 Å². The first-order valence-electron chi connectivity index (χ1n) is 7.67. The van der Waals surface area contributed by atoms with Gasteiger partial charge in [-0.1, -0.05) is 44.2 Å². The Kier molecular flexibility index (Phi) is 7.40. The lowest BCUT2D eigenvalue weighted by Gasteiger charge is -2.25. The van der Waals surface area contributed by atoms with E-state index in [2.05, 4.69) is 50.2 Å². The van der Waals surface area contributed by atoms with E-state index >= 15 is 0 Å². The zero-order valence-corrected chi connectivity index (χ0v) is 13.7. The average Bonchev–Trinajstić information content (AvgIpc) is 2.44. The second-order valence-corrected chi connectivity index (χ2v) is 6.23. The average molecular weight is 291 g/mol. The number of nitrogens with one attached hydrogen (secondary N) is 1. The minimum Gasteiger partial charge on any atom is -0.353 e. The topological polar surface area (TPSA) is 58.4 Å². The van der Waals surface area contributed by atoms with E-state index < -0.39 is 6.04 Å². The molecule has 0 heterocycles. The lowest BCUT2D eigenvalue weighted by Crippen LogP contribution is -2.46. The van der Waals surface area contributed by atoms with Crippen molar-refractivity contribution in [2.24, 2.45) is 11.7 Å². The number of nitrogens with zero attached hydrogens (tertiary/aromatic N) is 1. The summed E-state index contributed by atoms with van der Waals surface area (Å²) < 4.78 is 0. The van der Waals surface area contributed by atoms with E-state index in [1.54, 1.807) is 0 Å². The van der Waals surface area contributed by atoms with Crippen LogP contribution in [0.3, 0.4) is 0 Å². The third-order valence-corrected chi connectivity index (χ3v) is 3.66. The molecule has 0 radical (unpaired) electrons. The number of rotatable bonds is 8. The Bertz CT molecular complexity index is 419. The number of nitrogens with two attached hydrogens (primary N) is 1. The number of carbonyl (C=O) groups excluding carboxylic acids is 1. The van der Waals surface area contributed by atoms with Gasteiger partial charge in [0.15, 0.2) is 0 Å². The molecule has 0 aliphatic carbocycles. The van der Waals surface area contributed by atoms with Gasteiger partial charge in [0.2, 0.25) is 5.91 Å². The second kappa shape index (κ2) is 8.80. The van der Waals surface area contributed by atoms with E-state index in [1.165, 1.54) is 5.56 Å². The van der Waals surface area contributed by atoms with Crippen LogP contribution in [-0.4, -0.2) is 36.5 Å². The van der Waals surface area contributed by atoms with Gasteiger partial charge in [-0.25, -0.2) is 0 Å². The molecule has 0 aromatic heterocycles. The SMILES string of the molecule is CC(C)C[C@H](N)C(=O)NCC(C)N(C)Cc1ccccc1. The predicted molar refractivity (Wildman–Crippen MR) is 87.8 cm³/mol. The highest BCUT2D eigenvalue weighted by molar-refractivity contribution is 5.81. The van der Waals surface area contributed by atoms with Crippen molar-refractivity contribution in [2.75, 3.05) is 13.6 Å². The van der Waals surface area contributed by atoms with Crippen molar-refractivity contribution in [1.82, 2.24) is 10.2 Å². The first-order valence-corrected chi connectivity index (χ1v) is 7.67. The van der Waals surface area contributed by atoms with Gasteiger partial charge in [0, 0.05) is 19.1 Å². The summed E-state index contributed by atoms with van der Waals surface area (Å²) in [7, 11) is 2.07. The van der Waals surface area contributed by atoms with Gasteiger partial charge in [-0.05, 0) is 31.9 Å². The summed E-state index contributed by atoms with van der Waals surface area (Å²) in [5.74, 6) is 0.382. The van der Waals surface area contributed by atoms with E-state index in [4.69, 9.17) is 5.73 Å². The van der Waals surface area contributed by atoms with Gasteiger partial charge in [0.1, 0.15) is 0 Å². The monoisotopic (exact) mass is 291 g/mol. The Balaban J connectivity index is 2.35. The molecule has 21 heavy (non-hydrogen) atoms. The molecule has 2 atom stereocenters. The summed E-state index contributed by atoms with van der Waals surface area (Å²) in [6.45, 7) is 7.74. The van der Waals surface area contributed by atoms with Crippen LogP contribution < -0.4 is 11.1 Å². The van der Waals surface area contributed by atoms with Gasteiger partial charge >= 0.3 is 0 Å². The molecule has 1 aromatic carbocycles. The summed E-state index contributed by atoms with van der Waals surface area (Å²) in [5.41, 5.74) is 7.15. The van der Waals surface area contributed by atoms with Crippen LogP contribution in [0.5, 0.6) is 0 Å². The maximum atomic E-state index is 11.9. The second-order valence-electron chi connectivity index (χ2n) is 6.23. The molecular formula is C17H29N3O. The van der Waals surface area contributed by atoms with E-state index in [-0.39, 0.29) is 11.9 Å². The third-order valence-electron chi connectivity index (χ3n) is 3.66. The molecular weight excluding hydrogens is 262 g/mol. The largest absolute Gasteiger partial charge is 0.353 e. The molecule has 0 spiro atoms. The van der Waals surface area contributed by atoms with Crippen LogP contribution in [0.1, 0.15) is 32.8 Å². The zero-order valence-electron chi connectivity index (χ0n) is 13.7. The van der Waals surface area contributed by atoms with Crippen LogP contribution in [-0.2, 0) is 11.3 Å². The molecule has 0 saturated carbocycles. The Labute approximate surface area is 128 Å². The van der Waals surface area contributed by atoms with Crippen LogP contribution in [0.4, 0.5) is 0 Å². The zero-order chi connectivity index (χ0) is 15.8. The molecule has 4 heteroatoms. The number of benzene rings is 1. The molecule has 3 N–H and O–H groups in total. The molecule has 1 unspecified atom stereocenters. The highest BCUT2D eigenvalue weighted by atomic mass is 16.2. The molecule has 1 aromatic rings. The predicted octanol–water partition coefficient (Wildman–Crippen LogP) is 2.00. The quantitative estimate of drug-likeness (QED) is 0.770.